The molecule has 12 heavy (non-hydrogen) atoms. The first-order valence-electron chi connectivity index (χ1n) is 3.76. The van der Waals surface area contributed by atoms with E-state index >= 15 is 0 Å². The highest BCUT2D eigenvalue weighted by Crippen LogP contribution is 2.02. The lowest BCUT2D eigenvalue weighted by Gasteiger charge is -2.01. The molecule has 0 aliphatic carbocycles. The lowest BCUT2D eigenvalue weighted by molar-refractivity contribution is 0.965. The standard InChI is InChI=1S/C10H8N2/c1-2-5-9(6-3-1)10-7-4-8-11-12-10/h1-3,5-8,11H. The van der Waals surface area contributed by atoms with Gasteiger partial charge in [-0.15, -0.1) is 0 Å². The van der Waals surface area contributed by atoms with Gasteiger partial charge in [0.2, 0.25) is 0 Å². The molecule has 0 saturated carbocycles. The van der Waals surface area contributed by atoms with E-state index in [0.717, 1.165) is 11.3 Å². The fourth-order valence-electron chi connectivity index (χ4n) is 1.05. The van der Waals surface area contributed by atoms with Crippen LogP contribution in [-0.2, 0) is 0 Å². The first-order valence-corrected chi connectivity index (χ1v) is 3.76. The first kappa shape index (κ1) is 6.89. The number of benzene rings is 1. The molecule has 1 heterocycles. The van der Waals surface area contributed by atoms with Crippen LogP contribution in [0.3, 0.4) is 0 Å². The molecule has 2 heteroatoms. The minimum Gasteiger partial charge on any atom is -0.277 e. The molecular formula is C10H8N2. The van der Waals surface area contributed by atoms with Crippen LogP contribution in [0, 0.1) is 0 Å². The van der Waals surface area contributed by atoms with Crippen molar-refractivity contribution in [2.75, 3.05) is 0 Å². The molecule has 2 nitrogen and oxygen atoms in total. The molecule has 1 aliphatic heterocycles. The highest BCUT2D eigenvalue weighted by molar-refractivity contribution is 6.08. The van der Waals surface area contributed by atoms with Crippen LogP contribution in [0.2, 0.25) is 0 Å². The van der Waals surface area contributed by atoms with Crippen molar-refractivity contribution in [3.8, 4) is 0 Å². The average molecular weight is 156 g/mol. The summed E-state index contributed by atoms with van der Waals surface area (Å²) < 4.78 is 0. The number of hydrazone groups is 1. The summed E-state index contributed by atoms with van der Waals surface area (Å²) in [6, 6.07) is 10.0. The molecule has 1 N–H and O–H groups in total. The predicted molar refractivity (Wildman–Crippen MR) is 48.8 cm³/mol. The normalized spacial score (nSPS) is 13.8. The van der Waals surface area contributed by atoms with Crippen LogP contribution in [0.25, 0.3) is 0 Å². The maximum atomic E-state index is 4.09. The van der Waals surface area contributed by atoms with Crippen LogP contribution in [-0.4, -0.2) is 5.71 Å². The van der Waals surface area contributed by atoms with Gasteiger partial charge in [-0.25, -0.2) is 0 Å². The van der Waals surface area contributed by atoms with Gasteiger partial charge in [-0.3, -0.25) is 5.43 Å². The number of hydrogen-bond acceptors (Lipinski definition) is 2. The van der Waals surface area contributed by atoms with Gasteiger partial charge >= 0.3 is 0 Å². The molecule has 1 aromatic rings. The molecule has 1 aliphatic rings. The third kappa shape index (κ3) is 1.29. The third-order valence-electron chi connectivity index (χ3n) is 1.62. The van der Waals surface area contributed by atoms with E-state index in [0.29, 0.717) is 0 Å². The van der Waals surface area contributed by atoms with Crippen LogP contribution in [0.1, 0.15) is 5.56 Å². The highest BCUT2D eigenvalue weighted by Gasteiger charge is 1.98. The second-order valence-electron chi connectivity index (χ2n) is 2.45. The summed E-state index contributed by atoms with van der Waals surface area (Å²) in [7, 11) is 0. The fourth-order valence-corrected chi connectivity index (χ4v) is 1.05. The largest absolute Gasteiger partial charge is 0.277 e. The molecule has 58 valence electrons. The Morgan fingerprint density at radius 3 is 2.67 bits per heavy atom. The SMILES string of the molecule is C1=CNN=C(c2ccccc2)C=1. The van der Waals surface area contributed by atoms with Crippen LogP contribution < -0.4 is 5.43 Å². The molecule has 2 rings (SSSR count). The number of rotatable bonds is 1. The van der Waals surface area contributed by atoms with E-state index in [1.54, 1.807) is 6.20 Å². The van der Waals surface area contributed by atoms with Crippen molar-refractivity contribution < 1.29 is 0 Å². The number of nitrogens with one attached hydrogen (secondary N) is 1. The summed E-state index contributed by atoms with van der Waals surface area (Å²) in [5.41, 5.74) is 7.71. The minimum atomic E-state index is 0.915. The maximum Gasteiger partial charge on any atom is 0.0983 e. The zero-order chi connectivity index (χ0) is 8.23. The Kier molecular flexibility index (Phi) is 1.77. The van der Waals surface area contributed by atoms with Crippen LogP contribution in [0.5, 0.6) is 0 Å². The van der Waals surface area contributed by atoms with E-state index in [1.807, 2.05) is 36.4 Å². The molecular weight excluding hydrogens is 148 g/mol. The van der Waals surface area contributed by atoms with Gasteiger partial charge in [0.05, 0.1) is 11.9 Å². The summed E-state index contributed by atoms with van der Waals surface area (Å²) in [5, 5.41) is 4.09. The zero-order valence-electron chi connectivity index (χ0n) is 6.49. The van der Waals surface area contributed by atoms with Crippen LogP contribution in [0.4, 0.5) is 0 Å². The Morgan fingerprint density at radius 2 is 2.00 bits per heavy atom. The Labute approximate surface area is 70.9 Å². The molecule has 0 bridgehead atoms. The summed E-state index contributed by atoms with van der Waals surface area (Å²) in [6.45, 7) is 0. The van der Waals surface area contributed by atoms with Crippen molar-refractivity contribution >= 4 is 5.71 Å². The van der Waals surface area contributed by atoms with Gasteiger partial charge in [-0.1, -0.05) is 36.1 Å². The monoisotopic (exact) mass is 156 g/mol. The lowest BCUT2D eigenvalue weighted by atomic mass is 10.1. The van der Waals surface area contributed by atoms with Gasteiger partial charge in [0, 0.05) is 11.6 Å². The second-order valence-corrected chi connectivity index (χ2v) is 2.45. The molecule has 0 spiro atoms. The van der Waals surface area contributed by atoms with Crippen molar-refractivity contribution in [3.63, 3.8) is 0 Å². The zero-order valence-corrected chi connectivity index (χ0v) is 6.49. The van der Waals surface area contributed by atoms with E-state index < -0.39 is 0 Å². The Morgan fingerprint density at radius 1 is 1.17 bits per heavy atom. The lowest BCUT2D eigenvalue weighted by Crippen LogP contribution is -2.06. The highest BCUT2D eigenvalue weighted by atomic mass is 15.3. The van der Waals surface area contributed by atoms with Gasteiger partial charge in [-0.05, 0) is 0 Å². The summed E-state index contributed by atoms with van der Waals surface area (Å²) in [6.07, 6.45) is 3.53. The van der Waals surface area contributed by atoms with Crippen molar-refractivity contribution in [3.05, 3.63) is 53.9 Å². The average Bonchev–Trinajstić information content (AvgIpc) is 2.21. The predicted octanol–water partition coefficient (Wildman–Crippen LogP) is 1.66. The van der Waals surface area contributed by atoms with E-state index in [9.17, 15) is 0 Å². The van der Waals surface area contributed by atoms with E-state index in [-0.39, 0.29) is 0 Å². The molecule has 0 aromatic heterocycles. The molecule has 0 amide bonds. The number of allylic oxidation sites excluding steroid dienone is 1. The smallest absolute Gasteiger partial charge is 0.0983 e. The summed E-state index contributed by atoms with van der Waals surface area (Å²) >= 11 is 0. The molecule has 0 fully saturated rings. The van der Waals surface area contributed by atoms with Gasteiger partial charge in [0.1, 0.15) is 0 Å². The molecule has 0 atom stereocenters. The summed E-state index contributed by atoms with van der Waals surface area (Å²) in [4.78, 5) is 0. The Balaban J connectivity index is 2.38. The van der Waals surface area contributed by atoms with E-state index in [4.69, 9.17) is 0 Å². The van der Waals surface area contributed by atoms with Crippen molar-refractivity contribution in [2.24, 2.45) is 5.10 Å². The topological polar surface area (TPSA) is 24.4 Å². The van der Waals surface area contributed by atoms with Crippen LogP contribution >= 0.6 is 0 Å². The number of hydrogen-bond donors (Lipinski definition) is 1. The molecule has 1 aromatic carbocycles. The fraction of sp³-hybridized carbons (Fsp3) is 0. The van der Waals surface area contributed by atoms with Crippen molar-refractivity contribution in [1.82, 2.24) is 5.43 Å². The van der Waals surface area contributed by atoms with Crippen LogP contribution in [0.15, 0.2) is 53.4 Å². The van der Waals surface area contributed by atoms with Crippen molar-refractivity contribution in [2.45, 2.75) is 0 Å². The van der Waals surface area contributed by atoms with Gasteiger partial charge in [0.15, 0.2) is 0 Å². The Bertz CT molecular complexity index is 357. The molecule has 0 radical (unpaired) electrons. The van der Waals surface area contributed by atoms with Crippen molar-refractivity contribution in [1.29, 1.82) is 0 Å². The maximum absolute atomic E-state index is 4.09. The molecule has 0 saturated heterocycles. The summed E-state index contributed by atoms with van der Waals surface area (Å²) in [5.74, 6) is 0. The third-order valence-corrected chi connectivity index (χ3v) is 1.62. The number of nitrogens with zero attached hydrogens (tertiary/aromatic N) is 1. The van der Waals surface area contributed by atoms with Gasteiger partial charge in [-0.2, -0.15) is 5.10 Å². The molecule has 0 unspecified atom stereocenters. The quantitative estimate of drug-likeness (QED) is 0.614. The second kappa shape index (κ2) is 3.07. The first-order chi connectivity index (χ1) is 5.97. The van der Waals surface area contributed by atoms with E-state index in [2.05, 4.69) is 16.3 Å². The van der Waals surface area contributed by atoms with Gasteiger partial charge < -0.3 is 0 Å². The van der Waals surface area contributed by atoms with Gasteiger partial charge in [0.25, 0.3) is 0 Å². The Hall–Kier alpha value is -1.79. The minimum absolute atomic E-state index is 0.915. The van der Waals surface area contributed by atoms with E-state index in [1.165, 1.54) is 0 Å².